The first-order valence-electron chi connectivity index (χ1n) is 10.6. The first-order valence-corrected chi connectivity index (χ1v) is 10.6. The molecular formula is C23H22F3N7O2. The van der Waals surface area contributed by atoms with Crippen molar-refractivity contribution in [3.63, 3.8) is 0 Å². The molecule has 182 valence electrons. The van der Waals surface area contributed by atoms with Gasteiger partial charge in [0.25, 0.3) is 5.91 Å². The number of hydrogen-bond donors (Lipinski definition) is 1. The Kier molecular flexibility index (Phi) is 5.47. The second kappa shape index (κ2) is 7.97. The van der Waals surface area contributed by atoms with Gasteiger partial charge >= 0.3 is 6.18 Å². The van der Waals surface area contributed by atoms with Gasteiger partial charge in [-0.3, -0.25) is 9.59 Å². The van der Waals surface area contributed by atoms with E-state index in [-0.39, 0.29) is 46.3 Å². The Morgan fingerprint density at radius 2 is 1.97 bits per heavy atom. The number of nitrogens with two attached hydrogens (primary N) is 1. The zero-order valence-corrected chi connectivity index (χ0v) is 19.4. The van der Waals surface area contributed by atoms with Gasteiger partial charge < -0.3 is 15.5 Å². The van der Waals surface area contributed by atoms with Crippen LogP contribution in [0.2, 0.25) is 0 Å². The fraction of sp³-hybridized carbons (Fsp3) is 0.348. The molecule has 1 unspecified atom stereocenters. The zero-order chi connectivity index (χ0) is 25.9. The number of anilines is 2. The number of nitrogens with zero attached hydrogens (tertiary/aromatic N) is 6. The summed E-state index contributed by atoms with van der Waals surface area (Å²) in [5.41, 5.74) is 3.90. The van der Waals surface area contributed by atoms with Crippen molar-refractivity contribution in [1.82, 2.24) is 19.5 Å². The Bertz CT molecular complexity index is 1400. The molecule has 3 heterocycles. The summed E-state index contributed by atoms with van der Waals surface area (Å²) >= 11 is 0. The van der Waals surface area contributed by atoms with Crippen molar-refractivity contribution < 1.29 is 22.8 Å². The number of piperazine rings is 1. The maximum atomic E-state index is 13.8. The third-order valence-corrected chi connectivity index (χ3v) is 6.25. The minimum Gasteiger partial charge on any atom is -0.382 e. The van der Waals surface area contributed by atoms with E-state index in [0.29, 0.717) is 0 Å². The maximum absolute atomic E-state index is 13.8. The second-order valence-electron chi connectivity index (χ2n) is 8.90. The lowest BCUT2D eigenvalue weighted by atomic mass is 9.93. The molecule has 0 radical (unpaired) electrons. The van der Waals surface area contributed by atoms with E-state index in [1.807, 2.05) is 6.07 Å². The highest BCUT2D eigenvalue weighted by Gasteiger charge is 2.47. The first kappa shape index (κ1) is 24.0. The molecule has 1 aromatic carbocycles. The lowest BCUT2D eigenvalue weighted by Gasteiger charge is -2.49. The average Bonchev–Trinajstić information content (AvgIpc) is 3.18. The lowest BCUT2D eigenvalue weighted by Crippen LogP contribution is -2.67. The van der Waals surface area contributed by atoms with Crippen LogP contribution in [-0.2, 0) is 15.8 Å². The molecule has 2 aromatic heterocycles. The molecule has 1 fully saturated rings. The number of nitriles is 1. The predicted octanol–water partition coefficient (Wildman–Crippen LogP) is 3.23. The molecule has 0 bridgehead atoms. The Morgan fingerprint density at radius 1 is 1.29 bits per heavy atom. The zero-order valence-electron chi connectivity index (χ0n) is 19.4. The van der Waals surface area contributed by atoms with Gasteiger partial charge in [-0.25, -0.2) is 9.50 Å². The lowest BCUT2D eigenvalue weighted by molar-refractivity contribution is -0.146. The van der Waals surface area contributed by atoms with Crippen LogP contribution in [0.5, 0.6) is 0 Å². The summed E-state index contributed by atoms with van der Waals surface area (Å²) in [4.78, 5) is 32.2. The highest BCUT2D eigenvalue weighted by molar-refractivity contribution is 6.04. The monoisotopic (exact) mass is 485 g/mol. The van der Waals surface area contributed by atoms with Crippen molar-refractivity contribution in [3.05, 3.63) is 41.7 Å². The Labute approximate surface area is 198 Å². The van der Waals surface area contributed by atoms with Gasteiger partial charge in [0.15, 0.2) is 5.82 Å². The molecule has 0 saturated carbocycles. The minimum absolute atomic E-state index is 0.0638. The Morgan fingerprint density at radius 3 is 2.57 bits per heavy atom. The van der Waals surface area contributed by atoms with Gasteiger partial charge in [0, 0.05) is 19.0 Å². The van der Waals surface area contributed by atoms with Crippen LogP contribution >= 0.6 is 0 Å². The van der Waals surface area contributed by atoms with Crippen LogP contribution < -0.4 is 10.6 Å². The van der Waals surface area contributed by atoms with Gasteiger partial charge in [-0.05, 0) is 39.0 Å². The van der Waals surface area contributed by atoms with Crippen LogP contribution in [0.15, 0.2) is 30.6 Å². The number of carbonyl (C=O) groups excluding carboxylic acids is 2. The van der Waals surface area contributed by atoms with Crippen molar-refractivity contribution in [2.24, 2.45) is 0 Å². The number of nitrogen functional groups attached to an aromatic ring is 1. The van der Waals surface area contributed by atoms with Crippen LogP contribution in [0.1, 0.15) is 38.8 Å². The van der Waals surface area contributed by atoms with Crippen molar-refractivity contribution in [3.8, 4) is 17.3 Å². The number of aromatic nitrogens is 3. The summed E-state index contributed by atoms with van der Waals surface area (Å²) in [6.45, 7) is 6.56. The smallest absolute Gasteiger partial charge is 0.382 e. The van der Waals surface area contributed by atoms with Gasteiger partial charge in [-0.2, -0.15) is 23.5 Å². The summed E-state index contributed by atoms with van der Waals surface area (Å²) in [6, 6.07) is 6.86. The molecule has 9 nitrogen and oxygen atoms in total. The number of benzene rings is 1. The van der Waals surface area contributed by atoms with E-state index in [0.717, 1.165) is 16.9 Å². The van der Waals surface area contributed by atoms with E-state index < -0.39 is 29.2 Å². The second-order valence-corrected chi connectivity index (χ2v) is 8.90. The van der Waals surface area contributed by atoms with Gasteiger partial charge in [0.1, 0.15) is 23.5 Å². The fourth-order valence-electron chi connectivity index (χ4n) is 4.53. The number of halogens is 3. The van der Waals surface area contributed by atoms with Crippen LogP contribution in [-0.4, -0.2) is 49.4 Å². The van der Waals surface area contributed by atoms with Gasteiger partial charge in [-0.1, -0.05) is 6.07 Å². The number of alkyl halides is 3. The Hall–Kier alpha value is -4.14. The summed E-state index contributed by atoms with van der Waals surface area (Å²) < 4.78 is 42.3. The molecule has 1 aliphatic rings. The molecule has 2 amide bonds. The summed E-state index contributed by atoms with van der Waals surface area (Å²) in [5.74, 6) is -1.01. The van der Waals surface area contributed by atoms with Crippen LogP contribution in [0.4, 0.5) is 24.7 Å². The minimum atomic E-state index is -4.71. The molecule has 4 rings (SSSR count). The molecular weight excluding hydrogens is 463 g/mol. The normalized spacial score (nSPS) is 18.1. The number of amides is 2. The standard InChI is InChI=1S/C23H22F3N7O2/c1-12-10-31(13(2)34)22(3,4)21(35)32(12)17-7-14(5-6-15(17)9-27)18-8-16(23(24,25)26)19-20(28)29-11-30-33(18)19/h5-8,11-12H,10H2,1-4H3,(H2,28,29,30). The molecule has 1 aliphatic heterocycles. The van der Waals surface area contributed by atoms with E-state index in [9.17, 15) is 28.0 Å². The third kappa shape index (κ3) is 3.73. The Balaban J connectivity index is 1.92. The number of rotatable bonds is 2. The highest BCUT2D eigenvalue weighted by atomic mass is 19.4. The van der Waals surface area contributed by atoms with Crippen molar-refractivity contribution >= 4 is 28.8 Å². The van der Waals surface area contributed by atoms with Crippen LogP contribution in [0.3, 0.4) is 0 Å². The van der Waals surface area contributed by atoms with E-state index in [4.69, 9.17) is 5.73 Å². The number of fused-ring (bicyclic) bond motifs is 1. The van der Waals surface area contributed by atoms with E-state index >= 15 is 0 Å². The summed E-state index contributed by atoms with van der Waals surface area (Å²) in [5, 5.41) is 13.7. The molecule has 0 spiro atoms. The van der Waals surface area contributed by atoms with Gasteiger partial charge in [0.05, 0.1) is 28.6 Å². The summed E-state index contributed by atoms with van der Waals surface area (Å²) in [6.07, 6.45) is -3.67. The van der Waals surface area contributed by atoms with Crippen molar-refractivity contribution in [1.29, 1.82) is 5.26 Å². The molecule has 12 heteroatoms. The number of hydrogen-bond acceptors (Lipinski definition) is 6. The first-order chi connectivity index (χ1) is 16.3. The predicted molar refractivity (Wildman–Crippen MR) is 121 cm³/mol. The summed E-state index contributed by atoms with van der Waals surface area (Å²) in [7, 11) is 0. The van der Waals surface area contributed by atoms with E-state index in [1.54, 1.807) is 20.8 Å². The van der Waals surface area contributed by atoms with Crippen molar-refractivity contribution in [2.75, 3.05) is 17.2 Å². The molecule has 35 heavy (non-hydrogen) atoms. The SMILES string of the molecule is CC(=O)N1CC(C)N(c2cc(-c3cc(C(F)(F)F)c4c(N)ncnn34)ccc2C#N)C(=O)C1(C)C. The van der Waals surface area contributed by atoms with Gasteiger partial charge in [0.2, 0.25) is 5.91 Å². The fourth-order valence-corrected chi connectivity index (χ4v) is 4.53. The largest absolute Gasteiger partial charge is 0.418 e. The van der Waals surface area contributed by atoms with Gasteiger partial charge in [-0.15, -0.1) is 0 Å². The molecule has 3 aromatic rings. The van der Waals surface area contributed by atoms with Crippen LogP contribution in [0.25, 0.3) is 16.8 Å². The average molecular weight is 485 g/mol. The van der Waals surface area contributed by atoms with Crippen molar-refractivity contribution in [2.45, 2.75) is 45.5 Å². The topological polar surface area (TPSA) is 121 Å². The molecule has 1 saturated heterocycles. The third-order valence-electron chi connectivity index (χ3n) is 6.25. The maximum Gasteiger partial charge on any atom is 0.418 e. The van der Waals surface area contributed by atoms with E-state index in [1.165, 1.54) is 34.9 Å². The quantitative estimate of drug-likeness (QED) is 0.595. The van der Waals surface area contributed by atoms with Crippen LogP contribution in [0, 0.1) is 11.3 Å². The van der Waals surface area contributed by atoms with E-state index in [2.05, 4.69) is 10.1 Å². The molecule has 0 aliphatic carbocycles. The number of carbonyl (C=O) groups is 2. The highest BCUT2D eigenvalue weighted by Crippen LogP contribution is 2.40. The molecule has 1 atom stereocenters. The molecule has 2 N–H and O–H groups in total.